The molecule has 1 saturated carbocycles. The van der Waals surface area contributed by atoms with E-state index in [0.29, 0.717) is 42.6 Å². The number of methoxy groups -OCH3 is 1. The second-order valence-corrected chi connectivity index (χ2v) is 5.95. The number of nitrogens with zero attached hydrogens (tertiary/aromatic N) is 1. The summed E-state index contributed by atoms with van der Waals surface area (Å²) in [5, 5.41) is 0. The molecule has 0 spiro atoms. The first kappa shape index (κ1) is 14.9. The molecule has 126 valence electrons. The molecule has 0 radical (unpaired) electrons. The minimum Gasteiger partial charge on any atom is -0.493 e. The largest absolute Gasteiger partial charge is 0.493 e. The van der Waals surface area contributed by atoms with Gasteiger partial charge in [0.05, 0.1) is 19.9 Å². The number of ether oxygens (including phenoxy) is 3. The highest BCUT2D eigenvalue weighted by Gasteiger charge is 2.34. The number of furan rings is 1. The molecular formula is C18H19NO5. The Bertz CT molecular complexity index is 719. The van der Waals surface area contributed by atoms with Crippen LogP contribution in [0.4, 0.5) is 0 Å². The second-order valence-electron chi connectivity index (χ2n) is 5.95. The Hall–Kier alpha value is -2.63. The Morgan fingerprint density at radius 2 is 2.12 bits per heavy atom. The molecule has 0 N–H and O–H groups in total. The number of fused-ring (bicyclic) bond motifs is 1. The van der Waals surface area contributed by atoms with Crippen LogP contribution < -0.4 is 14.2 Å². The topological polar surface area (TPSA) is 61.1 Å². The molecule has 1 fully saturated rings. The van der Waals surface area contributed by atoms with Crippen LogP contribution in [0.2, 0.25) is 0 Å². The number of hydrogen-bond donors (Lipinski definition) is 0. The number of amides is 1. The van der Waals surface area contributed by atoms with Crippen LogP contribution in [-0.4, -0.2) is 37.2 Å². The Morgan fingerprint density at radius 1 is 1.29 bits per heavy atom. The van der Waals surface area contributed by atoms with Crippen LogP contribution >= 0.6 is 0 Å². The zero-order valence-corrected chi connectivity index (χ0v) is 13.5. The van der Waals surface area contributed by atoms with Crippen molar-refractivity contribution in [3.63, 3.8) is 0 Å². The maximum atomic E-state index is 13.0. The average molecular weight is 329 g/mol. The van der Waals surface area contributed by atoms with E-state index in [2.05, 4.69) is 0 Å². The van der Waals surface area contributed by atoms with Gasteiger partial charge in [-0.05, 0) is 37.1 Å². The Kier molecular flexibility index (Phi) is 3.80. The lowest BCUT2D eigenvalue weighted by atomic mass is 10.1. The first-order valence-corrected chi connectivity index (χ1v) is 8.07. The minimum absolute atomic E-state index is 0.0517. The summed E-state index contributed by atoms with van der Waals surface area (Å²) in [6, 6.07) is 7.43. The Balaban J connectivity index is 1.64. The van der Waals surface area contributed by atoms with Crippen molar-refractivity contribution in [2.75, 3.05) is 20.3 Å². The number of hydrogen-bond acceptors (Lipinski definition) is 5. The highest BCUT2D eigenvalue weighted by Crippen LogP contribution is 2.41. The number of benzene rings is 1. The average Bonchev–Trinajstić information content (AvgIpc) is 3.34. The zero-order valence-electron chi connectivity index (χ0n) is 13.5. The normalized spacial score (nSPS) is 15.9. The van der Waals surface area contributed by atoms with Gasteiger partial charge in [0.15, 0.2) is 11.5 Å². The molecule has 0 saturated heterocycles. The third kappa shape index (κ3) is 2.79. The van der Waals surface area contributed by atoms with Crippen molar-refractivity contribution < 1.29 is 23.4 Å². The predicted molar refractivity (Wildman–Crippen MR) is 85.6 cm³/mol. The van der Waals surface area contributed by atoms with Crippen LogP contribution in [0.3, 0.4) is 0 Å². The van der Waals surface area contributed by atoms with Crippen LogP contribution in [0.1, 0.15) is 29.0 Å². The lowest BCUT2D eigenvalue weighted by Gasteiger charge is -2.24. The van der Waals surface area contributed by atoms with E-state index in [-0.39, 0.29) is 11.9 Å². The van der Waals surface area contributed by atoms with Gasteiger partial charge in [-0.1, -0.05) is 0 Å². The quantitative estimate of drug-likeness (QED) is 0.844. The fraction of sp³-hybridized carbons (Fsp3) is 0.389. The Morgan fingerprint density at radius 3 is 2.83 bits per heavy atom. The third-order valence-corrected chi connectivity index (χ3v) is 4.23. The monoisotopic (exact) mass is 329 g/mol. The first-order valence-electron chi connectivity index (χ1n) is 8.07. The van der Waals surface area contributed by atoms with Crippen LogP contribution in [0.25, 0.3) is 0 Å². The van der Waals surface area contributed by atoms with Gasteiger partial charge in [0.2, 0.25) is 5.75 Å². The van der Waals surface area contributed by atoms with Gasteiger partial charge in [-0.15, -0.1) is 0 Å². The molecule has 6 heteroatoms. The molecule has 4 rings (SSSR count). The molecule has 0 atom stereocenters. The summed E-state index contributed by atoms with van der Waals surface area (Å²) in [4.78, 5) is 14.9. The van der Waals surface area contributed by atoms with Crippen LogP contribution in [0, 0.1) is 0 Å². The van der Waals surface area contributed by atoms with Crippen molar-refractivity contribution in [3.8, 4) is 17.2 Å². The molecule has 0 bridgehead atoms. The molecule has 2 aliphatic rings. The lowest BCUT2D eigenvalue weighted by molar-refractivity contribution is 0.0715. The van der Waals surface area contributed by atoms with Gasteiger partial charge in [0.1, 0.15) is 19.0 Å². The summed E-state index contributed by atoms with van der Waals surface area (Å²) in [5.41, 5.74) is 0.537. The van der Waals surface area contributed by atoms with Gasteiger partial charge in [-0.25, -0.2) is 0 Å². The highest BCUT2D eigenvalue weighted by atomic mass is 16.6. The van der Waals surface area contributed by atoms with E-state index < -0.39 is 0 Å². The molecule has 1 amide bonds. The standard InChI is InChI=1S/C18H19NO5/c1-21-15-9-12(10-16-17(15)24-8-7-23-16)18(20)19(13-4-5-13)11-14-3-2-6-22-14/h2-3,6,9-10,13H,4-5,7-8,11H2,1H3. The SMILES string of the molecule is COc1cc(C(=O)N(Cc2ccco2)C2CC2)cc2c1OCCO2. The molecule has 6 nitrogen and oxygen atoms in total. The van der Waals surface area contributed by atoms with Crippen molar-refractivity contribution in [3.05, 3.63) is 41.9 Å². The minimum atomic E-state index is -0.0517. The van der Waals surface area contributed by atoms with Crippen molar-refractivity contribution in [2.45, 2.75) is 25.4 Å². The summed E-state index contributed by atoms with van der Waals surface area (Å²) >= 11 is 0. The van der Waals surface area contributed by atoms with E-state index in [4.69, 9.17) is 18.6 Å². The first-order chi connectivity index (χ1) is 11.8. The lowest BCUT2D eigenvalue weighted by Crippen LogP contribution is -2.32. The van der Waals surface area contributed by atoms with Crippen LogP contribution in [0.15, 0.2) is 34.9 Å². The van der Waals surface area contributed by atoms with E-state index in [1.807, 2.05) is 17.0 Å². The summed E-state index contributed by atoms with van der Waals surface area (Å²) in [6.07, 6.45) is 3.67. The fourth-order valence-electron chi connectivity index (χ4n) is 2.89. The van der Waals surface area contributed by atoms with Gasteiger partial charge in [-0.3, -0.25) is 4.79 Å². The van der Waals surface area contributed by atoms with Crippen molar-refractivity contribution in [1.82, 2.24) is 4.90 Å². The molecule has 1 aromatic heterocycles. The van der Waals surface area contributed by atoms with Crippen molar-refractivity contribution in [2.24, 2.45) is 0 Å². The second kappa shape index (κ2) is 6.11. The molecule has 1 aliphatic carbocycles. The van der Waals surface area contributed by atoms with Gasteiger partial charge in [0, 0.05) is 11.6 Å². The summed E-state index contributed by atoms with van der Waals surface area (Å²) in [6.45, 7) is 1.41. The molecule has 2 heterocycles. The van der Waals surface area contributed by atoms with Crippen molar-refractivity contribution in [1.29, 1.82) is 0 Å². The fourth-order valence-corrected chi connectivity index (χ4v) is 2.89. The van der Waals surface area contributed by atoms with E-state index in [1.54, 1.807) is 25.5 Å². The molecule has 1 aromatic carbocycles. The molecule has 2 aromatic rings. The van der Waals surface area contributed by atoms with Gasteiger partial charge in [0.25, 0.3) is 5.91 Å². The highest BCUT2D eigenvalue weighted by molar-refractivity contribution is 5.96. The maximum Gasteiger partial charge on any atom is 0.254 e. The van der Waals surface area contributed by atoms with Gasteiger partial charge >= 0.3 is 0 Å². The van der Waals surface area contributed by atoms with Crippen molar-refractivity contribution >= 4 is 5.91 Å². The number of carbonyl (C=O) groups excluding carboxylic acids is 1. The summed E-state index contributed by atoms with van der Waals surface area (Å²) in [7, 11) is 1.56. The zero-order chi connectivity index (χ0) is 16.5. The number of carbonyl (C=O) groups is 1. The predicted octanol–water partition coefficient (Wildman–Crippen LogP) is 2.86. The van der Waals surface area contributed by atoms with E-state index in [9.17, 15) is 4.79 Å². The van der Waals surface area contributed by atoms with E-state index in [1.165, 1.54) is 0 Å². The van der Waals surface area contributed by atoms with Gasteiger partial charge in [-0.2, -0.15) is 0 Å². The van der Waals surface area contributed by atoms with E-state index in [0.717, 1.165) is 18.6 Å². The molecule has 0 unspecified atom stereocenters. The smallest absolute Gasteiger partial charge is 0.254 e. The number of rotatable bonds is 5. The Labute approximate surface area is 139 Å². The molecule has 1 aliphatic heterocycles. The van der Waals surface area contributed by atoms with Crippen LogP contribution in [0.5, 0.6) is 17.2 Å². The molecule has 24 heavy (non-hydrogen) atoms. The summed E-state index contributed by atoms with van der Waals surface area (Å²) in [5.74, 6) is 2.36. The van der Waals surface area contributed by atoms with Crippen LogP contribution in [-0.2, 0) is 6.54 Å². The molecular weight excluding hydrogens is 310 g/mol. The van der Waals surface area contributed by atoms with E-state index >= 15 is 0 Å². The van der Waals surface area contributed by atoms with Gasteiger partial charge < -0.3 is 23.5 Å². The third-order valence-electron chi connectivity index (χ3n) is 4.23. The summed E-state index contributed by atoms with van der Waals surface area (Å²) < 4.78 is 22.0. The maximum absolute atomic E-state index is 13.0.